The highest BCUT2D eigenvalue weighted by molar-refractivity contribution is 9.11. The summed E-state index contributed by atoms with van der Waals surface area (Å²) in [5, 5.41) is 3.31. The van der Waals surface area contributed by atoms with Crippen LogP contribution >= 0.6 is 31.9 Å². The van der Waals surface area contributed by atoms with Gasteiger partial charge in [-0.05, 0) is 55.3 Å². The smallest absolute Gasteiger partial charge is 0.125 e. The first kappa shape index (κ1) is 14.5. The maximum absolute atomic E-state index is 13.4. The molecule has 100 valence electrons. The number of rotatable bonds is 3. The maximum atomic E-state index is 13.4. The molecule has 0 aliphatic rings. The second-order valence-electron chi connectivity index (χ2n) is 4.55. The number of hydrogen-bond donors (Lipinski definition) is 1. The van der Waals surface area contributed by atoms with E-state index in [0.29, 0.717) is 0 Å². The molecule has 0 aliphatic carbocycles. The van der Waals surface area contributed by atoms with Crippen LogP contribution in [0.15, 0.2) is 45.3 Å². The summed E-state index contributed by atoms with van der Waals surface area (Å²) in [6.45, 7) is 3.93. The minimum atomic E-state index is -0.218. The van der Waals surface area contributed by atoms with Gasteiger partial charge in [0, 0.05) is 20.7 Å². The van der Waals surface area contributed by atoms with E-state index in [-0.39, 0.29) is 11.9 Å². The van der Waals surface area contributed by atoms with Crippen molar-refractivity contribution < 1.29 is 4.39 Å². The van der Waals surface area contributed by atoms with Crippen molar-refractivity contribution >= 4 is 37.5 Å². The average Bonchev–Trinajstić information content (AvgIpc) is 2.26. The molecule has 2 aromatic rings. The minimum Gasteiger partial charge on any atom is -0.378 e. The number of nitrogens with one attached hydrogen (secondary N) is 1. The van der Waals surface area contributed by atoms with Crippen LogP contribution in [0.25, 0.3) is 0 Å². The molecule has 1 N–H and O–H groups in total. The summed E-state index contributed by atoms with van der Waals surface area (Å²) in [6, 6.07) is 11.1. The molecular weight excluding hydrogens is 373 g/mol. The first-order valence-corrected chi connectivity index (χ1v) is 7.53. The quantitative estimate of drug-likeness (QED) is 0.699. The Labute approximate surface area is 129 Å². The SMILES string of the molecule is Cc1cc(F)cc(NC(C)c2ccc(Br)cc2Br)c1. The lowest BCUT2D eigenvalue weighted by Crippen LogP contribution is -2.07. The molecule has 1 unspecified atom stereocenters. The summed E-state index contributed by atoms with van der Waals surface area (Å²) >= 11 is 6.98. The summed E-state index contributed by atoms with van der Waals surface area (Å²) in [6.07, 6.45) is 0. The Morgan fingerprint density at radius 1 is 1.11 bits per heavy atom. The van der Waals surface area contributed by atoms with E-state index in [1.54, 1.807) is 0 Å². The first-order chi connectivity index (χ1) is 8.95. The molecule has 0 saturated heterocycles. The Hall–Kier alpha value is -0.870. The molecule has 0 saturated carbocycles. The van der Waals surface area contributed by atoms with E-state index in [1.807, 2.05) is 38.1 Å². The number of aryl methyl sites for hydroxylation is 1. The van der Waals surface area contributed by atoms with Crippen LogP contribution in [0.1, 0.15) is 24.1 Å². The van der Waals surface area contributed by atoms with Crippen molar-refractivity contribution in [3.63, 3.8) is 0 Å². The largest absolute Gasteiger partial charge is 0.378 e. The predicted molar refractivity (Wildman–Crippen MR) is 85.0 cm³/mol. The van der Waals surface area contributed by atoms with E-state index in [0.717, 1.165) is 25.8 Å². The number of hydrogen-bond acceptors (Lipinski definition) is 1. The van der Waals surface area contributed by atoms with Gasteiger partial charge in [0.2, 0.25) is 0 Å². The summed E-state index contributed by atoms with van der Waals surface area (Å²) in [5.41, 5.74) is 2.83. The van der Waals surface area contributed by atoms with E-state index in [9.17, 15) is 4.39 Å². The van der Waals surface area contributed by atoms with Gasteiger partial charge >= 0.3 is 0 Å². The van der Waals surface area contributed by atoms with Gasteiger partial charge < -0.3 is 5.32 Å². The summed E-state index contributed by atoms with van der Waals surface area (Å²) in [7, 11) is 0. The van der Waals surface area contributed by atoms with Gasteiger partial charge in [0.15, 0.2) is 0 Å². The molecule has 4 heteroatoms. The molecule has 0 heterocycles. The van der Waals surface area contributed by atoms with Crippen molar-refractivity contribution in [1.29, 1.82) is 0 Å². The van der Waals surface area contributed by atoms with Gasteiger partial charge in [0.1, 0.15) is 5.82 Å². The van der Waals surface area contributed by atoms with Gasteiger partial charge in [0.25, 0.3) is 0 Å². The second-order valence-corrected chi connectivity index (χ2v) is 6.32. The van der Waals surface area contributed by atoms with Crippen LogP contribution in [-0.2, 0) is 0 Å². The molecule has 1 nitrogen and oxygen atoms in total. The Bertz CT molecular complexity index is 578. The van der Waals surface area contributed by atoms with Crippen molar-refractivity contribution in [2.75, 3.05) is 5.32 Å². The Morgan fingerprint density at radius 2 is 1.84 bits per heavy atom. The fraction of sp³-hybridized carbons (Fsp3) is 0.200. The summed E-state index contributed by atoms with van der Waals surface area (Å²) < 4.78 is 15.4. The van der Waals surface area contributed by atoms with Gasteiger partial charge in [0.05, 0.1) is 0 Å². The highest BCUT2D eigenvalue weighted by Crippen LogP contribution is 2.29. The van der Waals surface area contributed by atoms with Gasteiger partial charge in [-0.3, -0.25) is 0 Å². The van der Waals surface area contributed by atoms with E-state index in [4.69, 9.17) is 0 Å². The lowest BCUT2D eigenvalue weighted by Gasteiger charge is -2.18. The van der Waals surface area contributed by atoms with Crippen molar-refractivity contribution in [3.05, 3.63) is 62.3 Å². The zero-order valence-electron chi connectivity index (χ0n) is 10.7. The number of halogens is 3. The molecule has 0 fully saturated rings. The number of anilines is 1. The van der Waals surface area contributed by atoms with E-state index < -0.39 is 0 Å². The van der Waals surface area contributed by atoms with Gasteiger partial charge in [-0.25, -0.2) is 4.39 Å². The second kappa shape index (κ2) is 6.06. The van der Waals surface area contributed by atoms with Crippen molar-refractivity contribution in [3.8, 4) is 0 Å². The standard InChI is InChI=1S/C15H14Br2FN/c1-9-5-12(18)8-13(6-9)19-10(2)14-4-3-11(16)7-15(14)17/h3-8,10,19H,1-2H3. The Morgan fingerprint density at radius 3 is 2.47 bits per heavy atom. The predicted octanol–water partition coefficient (Wildman–Crippen LogP) is 5.83. The molecule has 1 atom stereocenters. The van der Waals surface area contributed by atoms with Crippen LogP contribution in [0.5, 0.6) is 0 Å². The maximum Gasteiger partial charge on any atom is 0.125 e. The van der Waals surface area contributed by atoms with Crippen LogP contribution in [0.2, 0.25) is 0 Å². The zero-order valence-corrected chi connectivity index (χ0v) is 13.8. The van der Waals surface area contributed by atoms with Crippen LogP contribution in [-0.4, -0.2) is 0 Å². The van der Waals surface area contributed by atoms with Crippen molar-refractivity contribution in [2.45, 2.75) is 19.9 Å². The third kappa shape index (κ3) is 3.80. The molecule has 0 aromatic heterocycles. The van der Waals surface area contributed by atoms with Gasteiger partial charge in [-0.1, -0.05) is 37.9 Å². The fourth-order valence-electron chi connectivity index (χ4n) is 2.00. The third-order valence-electron chi connectivity index (χ3n) is 2.85. The van der Waals surface area contributed by atoms with Crippen molar-refractivity contribution in [2.24, 2.45) is 0 Å². The third-order valence-corrected chi connectivity index (χ3v) is 4.03. The van der Waals surface area contributed by atoms with Crippen LogP contribution in [0.4, 0.5) is 10.1 Å². The molecule has 0 aliphatic heterocycles. The normalized spacial score (nSPS) is 12.3. The fourth-order valence-corrected chi connectivity index (χ4v) is 3.39. The molecule has 0 bridgehead atoms. The van der Waals surface area contributed by atoms with Gasteiger partial charge in [-0.2, -0.15) is 0 Å². The lowest BCUT2D eigenvalue weighted by molar-refractivity contribution is 0.626. The molecule has 2 rings (SSSR count). The highest BCUT2D eigenvalue weighted by atomic mass is 79.9. The molecule has 19 heavy (non-hydrogen) atoms. The van der Waals surface area contributed by atoms with E-state index >= 15 is 0 Å². The van der Waals surface area contributed by atoms with Gasteiger partial charge in [-0.15, -0.1) is 0 Å². The molecule has 0 spiro atoms. The van der Waals surface area contributed by atoms with Crippen LogP contribution in [0, 0.1) is 12.7 Å². The number of benzene rings is 2. The lowest BCUT2D eigenvalue weighted by atomic mass is 10.1. The van der Waals surface area contributed by atoms with Crippen LogP contribution in [0.3, 0.4) is 0 Å². The topological polar surface area (TPSA) is 12.0 Å². The molecule has 2 aromatic carbocycles. The first-order valence-electron chi connectivity index (χ1n) is 5.94. The zero-order chi connectivity index (χ0) is 14.0. The highest BCUT2D eigenvalue weighted by Gasteiger charge is 2.10. The van der Waals surface area contributed by atoms with E-state index in [1.165, 1.54) is 12.1 Å². The molecule has 0 amide bonds. The Kier molecular flexibility index (Phi) is 4.63. The monoisotopic (exact) mass is 385 g/mol. The Balaban J connectivity index is 2.22. The molecular formula is C15H14Br2FN. The minimum absolute atomic E-state index is 0.0867. The summed E-state index contributed by atoms with van der Waals surface area (Å²) in [4.78, 5) is 0. The van der Waals surface area contributed by atoms with E-state index in [2.05, 4.69) is 37.2 Å². The van der Waals surface area contributed by atoms with Crippen LogP contribution < -0.4 is 5.32 Å². The summed E-state index contributed by atoms with van der Waals surface area (Å²) in [5.74, 6) is -0.218. The molecule has 0 radical (unpaired) electrons. The van der Waals surface area contributed by atoms with Crippen molar-refractivity contribution in [1.82, 2.24) is 0 Å². The average molecular weight is 387 g/mol.